The van der Waals surface area contributed by atoms with E-state index >= 15 is 0 Å². The lowest BCUT2D eigenvalue weighted by molar-refractivity contribution is -0.137. The minimum atomic E-state index is -0.250. The second-order valence-corrected chi connectivity index (χ2v) is 10.9. The van der Waals surface area contributed by atoms with Gasteiger partial charge < -0.3 is 10.6 Å². The quantitative estimate of drug-likeness (QED) is 0.730. The van der Waals surface area contributed by atoms with Gasteiger partial charge in [-0.05, 0) is 87.1 Å². The molecule has 1 heterocycles. The first kappa shape index (κ1) is 21.8. The Labute approximate surface area is 181 Å². The number of fused-ring (bicyclic) bond motifs is 4. The fraction of sp³-hybridized carbons (Fsp3) is 0.731. The van der Waals surface area contributed by atoms with Gasteiger partial charge in [0.25, 0.3) is 0 Å². The van der Waals surface area contributed by atoms with Gasteiger partial charge in [0, 0.05) is 17.5 Å². The SMILES string of the molecule is CC1CC2CC(C)(C(=O)NC3CC4CNC3C4)CC(c3ccccc3)(C1)C2.CCF. The van der Waals surface area contributed by atoms with Gasteiger partial charge in [0.05, 0.1) is 6.67 Å². The Kier molecular flexibility index (Phi) is 6.25. The van der Waals surface area contributed by atoms with Crippen LogP contribution in [-0.2, 0) is 10.2 Å². The number of hydrogen-bond donors (Lipinski definition) is 2. The molecule has 3 saturated carbocycles. The maximum absolute atomic E-state index is 13.5. The Hall–Kier alpha value is -1.42. The summed E-state index contributed by atoms with van der Waals surface area (Å²) < 4.78 is 10.3. The molecule has 166 valence electrons. The van der Waals surface area contributed by atoms with Crippen LogP contribution < -0.4 is 10.6 Å². The van der Waals surface area contributed by atoms with Crippen LogP contribution >= 0.6 is 0 Å². The predicted octanol–water partition coefficient (Wildman–Crippen LogP) is 5.00. The zero-order valence-electron chi connectivity index (χ0n) is 18.9. The molecule has 7 atom stereocenters. The third-order valence-electron chi connectivity index (χ3n) is 8.20. The summed E-state index contributed by atoms with van der Waals surface area (Å²) in [6, 6.07) is 11.9. The first-order valence-electron chi connectivity index (χ1n) is 12.0. The molecular formula is C26H39FN2O. The average Bonchev–Trinajstić information content (AvgIpc) is 3.31. The molecule has 4 heteroatoms. The van der Waals surface area contributed by atoms with Crippen LogP contribution in [0.15, 0.2) is 30.3 Å². The van der Waals surface area contributed by atoms with Crippen LogP contribution in [-0.4, -0.2) is 31.2 Å². The van der Waals surface area contributed by atoms with Crippen LogP contribution in [0.5, 0.6) is 0 Å². The van der Waals surface area contributed by atoms with Gasteiger partial charge in [0.2, 0.25) is 5.91 Å². The van der Waals surface area contributed by atoms with Gasteiger partial charge >= 0.3 is 0 Å². The number of nitrogens with one attached hydrogen (secondary N) is 2. The van der Waals surface area contributed by atoms with E-state index in [0.717, 1.165) is 31.2 Å². The zero-order valence-corrected chi connectivity index (χ0v) is 18.9. The molecule has 4 fully saturated rings. The Morgan fingerprint density at radius 1 is 1.13 bits per heavy atom. The van der Waals surface area contributed by atoms with Crippen LogP contribution in [0.4, 0.5) is 4.39 Å². The smallest absolute Gasteiger partial charge is 0.226 e. The summed E-state index contributed by atoms with van der Waals surface area (Å²) in [6.07, 6.45) is 8.26. The summed E-state index contributed by atoms with van der Waals surface area (Å²) in [4.78, 5) is 13.5. The minimum Gasteiger partial charge on any atom is -0.351 e. The number of halogens is 1. The van der Waals surface area contributed by atoms with Gasteiger partial charge in [0.1, 0.15) is 0 Å². The number of carbonyl (C=O) groups excluding carboxylic acids is 1. The summed E-state index contributed by atoms with van der Waals surface area (Å²) >= 11 is 0. The van der Waals surface area contributed by atoms with Crippen molar-refractivity contribution in [3.63, 3.8) is 0 Å². The van der Waals surface area contributed by atoms with Crippen molar-refractivity contribution >= 4 is 5.91 Å². The second kappa shape index (κ2) is 8.61. The number of alkyl halides is 1. The van der Waals surface area contributed by atoms with E-state index in [4.69, 9.17) is 0 Å². The van der Waals surface area contributed by atoms with Crippen molar-refractivity contribution in [3.05, 3.63) is 35.9 Å². The normalized spacial score (nSPS) is 41.7. The fourth-order valence-electron chi connectivity index (χ4n) is 7.45. The monoisotopic (exact) mass is 414 g/mol. The molecule has 0 aromatic heterocycles. The average molecular weight is 415 g/mol. The first-order chi connectivity index (χ1) is 14.4. The molecule has 4 bridgehead atoms. The lowest BCUT2D eigenvalue weighted by Gasteiger charge is -2.54. The molecule has 1 aliphatic heterocycles. The molecule has 3 nitrogen and oxygen atoms in total. The predicted molar refractivity (Wildman–Crippen MR) is 120 cm³/mol. The van der Waals surface area contributed by atoms with Crippen molar-refractivity contribution in [2.45, 2.75) is 83.2 Å². The molecule has 0 spiro atoms. The highest BCUT2D eigenvalue weighted by molar-refractivity contribution is 5.83. The van der Waals surface area contributed by atoms with Crippen LogP contribution in [0, 0.1) is 23.2 Å². The standard InChI is InChI=1S/C24H34N2O.C2H5F/c1-16-8-18-12-23(2,22(27)26-21-10-17-9-20(21)25-14-17)15-24(11-16,13-18)19-6-4-3-5-7-19;1-2-3/h3-7,16-18,20-21,25H,8-15H2,1-2H3,(H,26,27);2H2,1H3. The molecule has 1 amide bonds. The summed E-state index contributed by atoms with van der Waals surface area (Å²) in [5.41, 5.74) is 1.41. The van der Waals surface area contributed by atoms with Crippen LogP contribution in [0.2, 0.25) is 0 Å². The Bertz CT molecular complexity index is 736. The molecule has 3 aliphatic carbocycles. The van der Waals surface area contributed by atoms with Crippen molar-refractivity contribution in [2.75, 3.05) is 13.2 Å². The highest BCUT2D eigenvalue weighted by Gasteiger charge is 2.54. The third-order valence-corrected chi connectivity index (χ3v) is 8.20. The molecular weight excluding hydrogens is 375 g/mol. The highest BCUT2D eigenvalue weighted by Crippen LogP contribution is 2.58. The lowest BCUT2D eigenvalue weighted by atomic mass is 9.50. The molecule has 0 radical (unpaired) electrons. The molecule has 30 heavy (non-hydrogen) atoms. The molecule has 1 saturated heterocycles. The zero-order chi connectivity index (χ0) is 21.4. The summed E-state index contributed by atoms with van der Waals surface area (Å²) in [7, 11) is 0. The number of carbonyl (C=O) groups is 1. The van der Waals surface area contributed by atoms with E-state index in [1.54, 1.807) is 0 Å². The van der Waals surface area contributed by atoms with E-state index in [2.05, 4.69) is 54.8 Å². The molecule has 4 aliphatic rings. The largest absolute Gasteiger partial charge is 0.351 e. The van der Waals surface area contributed by atoms with Crippen molar-refractivity contribution in [1.29, 1.82) is 0 Å². The highest BCUT2D eigenvalue weighted by atomic mass is 19.1. The molecule has 7 unspecified atom stereocenters. The number of benzene rings is 1. The van der Waals surface area contributed by atoms with Crippen molar-refractivity contribution in [1.82, 2.24) is 10.6 Å². The van der Waals surface area contributed by atoms with Gasteiger partial charge in [-0.2, -0.15) is 0 Å². The lowest BCUT2D eigenvalue weighted by Crippen LogP contribution is -2.56. The van der Waals surface area contributed by atoms with Gasteiger partial charge in [-0.15, -0.1) is 0 Å². The third kappa shape index (κ3) is 4.17. The van der Waals surface area contributed by atoms with Gasteiger partial charge in [-0.25, -0.2) is 0 Å². The number of piperidine rings is 1. The Balaban J connectivity index is 0.000000687. The van der Waals surface area contributed by atoms with Crippen LogP contribution in [0.1, 0.15) is 71.3 Å². The second-order valence-electron chi connectivity index (χ2n) is 10.9. The van der Waals surface area contributed by atoms with Crippen molar-refractivity contribution < 1.29 is 9.18 Å². The minimum absolute atomic E-state index is 0.181. The van der Waals surface area contributed by atoms with Gasteiger partial charge in [-0.1, -0.05) is 44.2 Å². The molecule has 5 rings (SSSR count). The summed E-state index contributed by atoms with van der Waals surface area (Å²) in [5.74, 6) is 2.53. The van der Waals surface area contributed by atoms with Crippen LogP contribution in [0.25, 0.3) is 0 Å². The summed E-state index contributed by atoms with van der Waals surface area (Å²) in [6.45, 7) is 7.02. The first-order valence-corrected chi connectivity index (χ1v) is 12.0. The van der Waals surface area contributed by atoms with E-state index in [1.807, 2.05) is 0 Å². The topological polar surface area (TPSA) is 41.1 Å². The molecule has 1 aromatic rings. The van der Waals surface area contributed by atoms with E-state index in [0.29, 0.717) is 23.9 Å². The van der Waals surface area contributed by atoms with E-state index < -0.39 is 0 Å². The van der Waals surface area contributed by atoms with Crippen LogP contribution in [0.3, 0.4) is 0 Å². The van der Waals surface area contributed by atoms with Gasteiger partial charge in [0.15, 0.2) is 0 Å². The number of rotatable bonds is 3. The molecule has 2 N–H and O–H groups in total. The maximum Gasteiger partial charge on any atom is 0.226 e. The number of hydrogen-bond acceptors (Lipinski definition) is 2. The van der Waals surface area contributed by atoms with E-state index in [9.17, 15) is 9.18 Å². The summed E-state index contributed by atoms with van der Waals surface area (Å²) in [5, 5.41) is 7.08. The molecule has 1 aromatic carbocycles. The maximum atomic E-state index is 13.5. The van der Waals surface area contributed by atoms with Gasteiger partial charge in [-0.3, -0.25) is 9.18 Å². The van der Waals surface area contributed by atoms with Crippen molar-refractivity contribution in [2.24, 2.45) is 23.2 Å². The van der Waals surface area contributed by atoms with E-state index in [1.165, 1.54) is 44.6 Å². The fourth-order valence-corrected chi connectivity index (χ4v) is 7.45. The number of amides is 1. The van der Waals surface area contributed by atoms with Crippen molar-refractivity contribution in [3.8, 4) is 0 Å². The Morgan fingerprint density at radius 2 is 1.87 bits per heavy atom. The Morgan fingerprint density at radius 3 is 2.50 bits per heavy atom. The van der Waals surface area contributed by atoms with E-state index in [-0.39, 0.29) is 17.5 Å².